The van der Waals surface area contributed by atoms with Crippen LogP contribution in [0.3, 0.4) is 0 Å². The number of anilines is 1. The first kappa shape index (κ1) is 13.1. The third-order valence-corrected chi connectivity index (χ3v) is 2.73. The number of methoxy groups -OCH3 is 2. The minimum atomic E-state index is 0.448. The average molecular weight is 259 g/mol. The van der Waals surface area contributed by atoms with E-state index in [4.69, 9.17) is 19.9 Å². The smallest absolute Gasteiger partial charge is 0.184 e. The Morgan fingerprint density at radius 1 is 1.00 bits per heavy atom. The minimum Gasteiger partial charge on any atom is -0.497 e. The van der Waals surface area contributed by atoms with E-state index < -0.39 is 0 Å². The van der Waals surface area contributed by atoms with E-state index in [1.807, 2.05) is 30.3 Å². The van der Waals surface area contributed by atoms with Crippen molar-refractivity contribution in [1.82, 2.24) is 0 Å². The van der Waals surface area contributed by atoms with Crippen LogP contribution in [0.25, 0.3) is 0 Å². The van der Waals surface area contributed by atoms with Gasteiger partial charge in [-0.2, -0.15) is 0 Å². The molecule has 0 saturated heterocycles. The summed E-state index contributed by atoms with van der Waals surface area (Å²) in [7, 11) is 3.15. The summed E-state index contributed by atoms with van der Waals surface area (Å²) >= 11 is 0. The molecule has 0 saturated carbocycles. The standard InChI is InChI=1S/C15H17NO3/c1-17-12-8-13(16)15(18-2)14(9-12)19-10-11-6-4-3-5-7-11/h3-9H,10,16H2,1-2H3. The molecule has 0 unspecified atom stereocenters. The van der Waals surface area contributed by atoms with Crippen LogP contribution in [0, 0.1) is 0 Å². The van der Waals surface area contributed by atoms with Gasteiger partial charge in [-0.25, -0.2) is 0 Å². The molecule has 0 aromatic heterocycles. The Labute approximate surface area is 112 Å². The summed E-state index contributed by atoms with van der Waals surface area (Å²) in [5.74, 6) is 1.74. The van der Waals surface area contributed by atoms with Crippen molar-refractivity contribution in [3.63, 3.8) is 0 Å². The van der Waals surface area contributed by atoms with Crippen molar-refractivity contribution in [2.45, 2.75) is 6.61 Å². The molecule has 0 aliphatic rings. The summed E-state index contributed by atoms with van der Waals surface area (Å²) in [4.78, 5) is 0. The molecule has 2 N–H and O–H groups in total. The zero-order valence-corrected chi connectivity index (χ0v) is 11.1. The van der Waals surface area contributed by atoms with Gasteiger partial charge in [0.25, 0.3) is 0 Å². The van der Waals surface area contributed by atoms with Gasteiger partial charge in [-0.1, -0.05) is 30.3 Å². The van der Waals surface area contributed by atoms with Crippen molar-refractivity contribution in [1.29, 1.82) is 0 Å². The van der Waals surface area contributed by atoms with Gasteiger partial charge in [0, 0.05) is 12.1 Å². The number of ether oxygens (including phenoxy) is 3. The summed E-state index contributed by atoms with van der Waals surface area (Å²) in [5, 5.41) is 0. The van der Waals surface area contributed by atoms with Crippen LogP contribution in [0.1, 0.15) is 5.56 Å². The predicted molar refractivity (Wildman–Crippen MR) is 74.7 cm³/mol. The van der Waals surface area contributed by atoms with Gasteiger partial charge < -0.3 is 19.9 Å². The molecule has 2 aromatic rings. The van der Waals surface area contributed by atoms with Crippen LogP contribution in [0.5, 0.6) is 17.2 Å². The second kappa shape index (κ2) is 6.00. The summed E-state index contributed by atoms with van der Waals surface area (Å²) in [5.41, 5.74) is 7.46. The highest BCUT2D eigenvalue weighted by Crippen LogP contribution is 2.37. The Hall–Kier alpha value is -2.36. The topological polar surface area (TPSA) is 53.7 Å². The van der Waals surface area contributed by atoms with Gasteiger partial charge in [0.2, 0.25) is 0 Å². The van der Waals surface area contributed by atoms with Crippen molar-refractivity contribution < 1.29 is 14.2 Å². The average Bonchev–Trinajstić information content (AvgIpc) is 2.45. The highest BCUT2D eigenvalue weighted by Gasteiger charge is 2.11. The summed E-state index contributed by atoms with van der Waals surface area (Å²) in [6, 6.07) is 13.4. The SMILES string of the molecule is COc1cc(N)c(OC)c(OCc2ccccc2)c1. The summed E-state index contributed by atoms with van der Waals surface area (Å²) in [6.45, 7) is 0.448. The Balaban J connectivity index is 2.21. The largest absolute Gasteiger partial charge is 0.497 e. The van der Waals surface area contributed by atoms with Gasteiger partial charge in [-0.05, 0) is 5.56 Å². The second-order valence-electron chi connectivity index (χ2n) is 4.02. The van der Waals surface area contributed by atoms with Crippen molar-refractivity contribution >= 4 is 5.69 Å². The fraction of sp³-hybridized carbons (Fsp3) is 0.200. The van der Waals surface area contributed by atoms with Crippen LogP contribution >= 0.6 is 0 Å². The maximum atomic E-state index is 5.89. The van der Waals surface area contributed by atoms with E-state index in [1.165, 1.54) is 0 Å². The van der Waals surface area contributed by atoms with Crippen LogP contribution < -0.4 is 19.9 Å². The molecule has 0 heterocycles. The monoisotopic (exact) mass is 259 g/mol. The predicted octanol–water partition coefficient (Wildman–Crippen LogP) is 2.87. The maximum absolute atomic E-state index is 5.89. The van der Waals surface area contributed by atoms with Crippen LogP contribution in [0.15, 0.2) is 42.5 Å². The first-order chi connectivity index (χ1) is 9.24. The number of benzene rings is 2. The van der Waals surface area contributed by atoms with E-state index in [-0.39, 0.29) is 0 Å². The third-order valence-electron chi connectivity index (χ3n) is 2.73. The van der Waals surface area contributed by atoms with Gasteiger partial charge in [0.05, 0.1) is 19.9 Å². The van der Waals surface area contributed by atoms with E-state index in [9.17, 15) is 0 Å². The lowest BCUT2D eigenvalue weighted by Crippen LogP contribution is -2.01. The Kier molecular flexibility index (Phi) is 4.13. The van der Waals surface area contributed by atoms with Gasteiger partial charge in [-0.15, -0.1) is 0 Å². The van der Waals surface area contributed by atoms with E-state index in [0.29, 0.717) is 29.5 Å². The number of rotatable bonds is 5. The molecule has 4 nitrogen and oxygen atoms in total. The molecule has 0 spiro atoms. The number of nitrogens with two attached hydrogens (primary N) is 1. The lowest BCUT2D eigenvalue weighted by atomic mass is 10.2. The molecule has 0 fully saturated rings. The highest BCUT2D eigenvalue weighted by molar-refractivity contribution is 5.63. The van der Waals surface area contributed by atoms with Crippen LogP contribution in [-0.4, -0.2) is 14.2 Å². The molecule has 0 aliphatic carbocycles. The molecule has 100 valence electrons. The van der Waals surface area contributed by atoms with Crippen molar-refractivity contribution in [3.8, 4) is 17.2 Å². The normalized spacial score (nSPS) is 10.0. The van der Waals surface area contributed by atoms with E-state index in [0.717, 1.165) is 5.56 Å². The fourth-order valence-corrected chi connectivity index (χ4v) is 1.78. The van der Waals surface area contributed by atoms with Crippen molar-refractivity contribution in [2.75, 3.05) is 20.0 Å². The quantitative estimate of drug-likeness (QED) is 0.839. The lowest BCUT2D eigenvalue weighted by molar-refractivity contribution is 0.283. The van der Waals surface area contributed by atoms with Gasteiger partial charge in [0.15, 0.2) is 11.5 Å². The Morgan fingerprint density at radius 3 is 2.37 bits per heavy atom. The molecular formula is C15H17NO3. The Bertz CT molecular complexity index is 541. The van der Waals surface area contributed by atoms with Crippen LogP contribution in [0.4, 0.5) is 5.69 Å². The first-order valence-corrected chi connectivity index (χ1v) is 5.93. The van der Waals surface area contributed by atoms with Crippen molar-refractivity contribution in [3.05, 3.63) is 48.0 Å². The number of hydrogen-bond donors (Lipinski definition) is 1. The molecule has 0 aliphatic heterocycles. The molecule has 0 radical (unpaired) electrons. The van der Waals surface area contributed by atoms with Crippen molar-refractivity contribution in [2.24, 2.45) is 0 Å². The molecule has 0 bridgehead atoms. The molecular weight excluding hydrogens is 242 g/mol. The minimum absolute atomic E-state index is 0.448. The lowest BCUT2D eigenvalue weighted by Gasteiger charge is -2.14. The van der Waals surface area contributed by atoms with Gasteiger partial charge in [-0.3, -0.25) is 0 Å². The highest BCUT2D eigenvalue weighted by atomic mass is 16.5. The fourth-order valence-electron chi connectivity index (χ4n) is 1.78. The van der Waals surface area contributed by atoms with Gasteiger partial charge >= 0.3 is 0 Å². The molecule has 0 atom stereocenters. The van der Waals surface area contributed by atoms with Gasteiger partial charge in [0.1, 0.15) is 12.4 Å². The third kappa shape index (κ3) is 3.10. The molecule has 0 amide bonds. The van der Waals surface area contributed by atoms with E-state index >= 15 is 0 Å². The zero-order chi connectivity index (χ0) is 13.7. The van der Waals surface area contributed by atoms with E-state index in [1.54, 1.807) is 26.4 Å². The second-order valence-corrected chi connectivity index (χ2v) is 4.02. The van der Waals surface area contributed by atoms with E-state index in [2.05, 4.69) is 0 Å². The maximum Gasteiger partial charge on any atom is 0.184 e. The van der Waals surface area contributed by atoms with Crippen LogP contribution in [-0.2, 0) is 6.61 Å². The number of hydrogen-bond acceptors (Lipinski definition) is 4. The molecule has 2 aromatic carbocycles. The molecule has 19 heavy (non-hydrogen) atoms. The zero-order valence-electron chi connectivity index (χ0n) is 11.1. The molecule has 2 rings (SSSR count). The van der Waals surface area contributed by atoms with Crippen LogP contribution in [0.2, 0.25) is 0 Å². The Morgan fingerprint density at radius 2 is 1.74 bits per heavy atom. The summed E-state index contributed by atoms with van der Waals surface area (Å²) in [6.07, 6.45) is 0. The molecule has 4 heteroatoms. The summed E-state index contributed by atoms with van der Waals surface area (Å²) < 4.78 is 16.2. The first-order valence-electron chi connectivity index (χ1n) is 5.93. The number of nitrogen functional groups attached to an aromatic ring is 1.